The van der Waals surface area contributed by atoms with Crippen LogP contribution in [0.25, 0.3) is 0 Å². The molecule has 0 aliphatic rings. The number of nitrogens with zero attached hydrogens (tertiary/aromatic N) is 1. The van der Waals surface area contributed by atoms with Gasteiger partial charge in [-0.1, -0.05) is 12.1 Å². The minimum atomic E-state index is -0.139. The minimum absolute atomic E-state index is 0.139. The van der Waals surface area contributed by atoms with Crippen molar-refractivity contribution >= 4 is 11.4 Å². The molecule has 4 heteroatoms. The fraction of sp³-hybridized carbons (Fsp3) is 0.143. The second kappa shape index (κ2) is 3.23. The summed E-state index contributed by atoms with van der Waals surface area (Å²) in [7, 11) is 1.41. The molecule has 0 bridgehead atoms. The van der Waals surface area contributed by atoms with E-state index in [-0.39, 0.29) is 10.8 Å². The maximum absolute atomic E-state index is 10.8. The summed E-state index contributed by atoms with van der Waals surface area (Å²) in [5.74, 6) is 0. The first kappa shape index (κ1) is 7.84. The molecule has 0 spiro atoms. The molecule has 1 aromatic carbocycles. The third-order valence-corrected chi connectivity index (χ3v) is 1.38. The molecule has 4 nitrogen and oxygen atoms in total. The molecular formula is C7H8N2O2. The summed E-state index contributed by atoms with van der Waals surface area (Å²) in [6.07, 6.45) is 0. The van der Waals surface area contributed by atoms with Crippen LogP contribution in [-0.2, 0) is 0 Å². The number of hydroxylamine groups is 1. The second-order valence-corrected chi connectivity index (χ2v) is 2.16. The molecule has 1 aromatic rings. The van der Waals surface area contributed by atoms with Gasteiger partial charge < -0.3 is 10.3 Å². The number of nitrogens with one attached hydrogen (secondary N) is 1. The lowest BCUT2D eigenvalue weighted by molar-refractivity contribution is -0.750. The Morgan fingerprint density at radius 3 is 2.55 bits per heavy atom. The van der Waals surface area contributed by atoms with Gasteiger partial charge in [-0.15, -0.1) is 4.91 Å². The van der Waals surface area contributed by atoms with Crippen molar-refractivity contribution in [3.63, 3.8) is 0 Å². The largest absolute Gasteiger partial charge is 0.629 e. The first-order valence-corrected chi connectivity index (χ1v) is 3.19. The van der Waals surface area contributed by atoms with Gasteiger partial charge >= 0.3 is 0 Å². The maximum atomic E-state index is 10.8. The summed E-state index contributed by atoms with van der Waals surface area (Å²) < 4.78 is 0. The van der Waals surface area contributed by atoms with Crippen molar-refractivity contribution in [2.75, 3.05) is 7.05 Å². The zero-order valence-electron chi connectivity index (χ0n) is 6.07. The summed E-state index contributed by atoms with van der Waals surface area (Å²) in [5.41, 5.74) is 0.586. The highest BCUT2D eigenvalue weighted by atomic mass is 16.5. The molecule has 0 aliphatic carbocycles. The number of hydrogen-bond acceptors (Lipinski definition) is 3. The van der Waals surface area contributed by atoms with E-state index in [0.29, 0.717) is 5.69 Å². The fourth-order valence-electron chi connectivity index (χ4n) is 0.851. The van der Waals surface area contributed by atoms with E-state index in [2.05, 4.69) is 5.18 Å². The van der Waals surface area contributed by atoms with Crippen molar-refractivity contribution in [2.24, 2.45) is 5.18 Å². The molecule has 1 N–H and O–H groups in total. The van der Waals surface area contributed by atoms with E-state index in [4.69, 9.17) is 0 Å². The highest BCUT2D eigenvalue weighted by Gasteiger charge is 2.04. The minimum Gasteiger partial charge on any atom is -0.629 e. The lowest BCUT2D eigenvalue weighted by atomic mass is 10.3. The van der Waals surface area contributed by atoms with E-state index in [9.17, 15) is 10.1 Å². The molecule has 0 saturated heterocycles. The maximum Gasteiger partial charge on any atom is 0.168 e. The quantitative estimate of drug-likeness (QED) is 0.501. The predicted octanol–water partition coefficient (Wildman–Crippen LogP) is 0.728. The van der Waals surface area contributed by atoms with Gasteiger partial charge in [-0.05, 0) is 11.2 Å². The van der Waals surface area contributed by atoms with Crippen LogP contribution in [0.15, 0.2) is 29.4 Å². The summed E-state index contributed by atoms with van der Waals surface area (Å²) in [6, 6.07) is 6.47. The van der Waals surface area contributed by atoms with Crippen molar-refractivity contribution < 1.29 is 5.06 Å². The Balaban J connectivity index is 3.12. The Labute approximate surface area is 64.0 Å². The van der Waals surface area contributed by atoms with Crippen molar-refractivity contribution in [1.82, 2.24) is 0 Å². The molecule has 1 rings (SSSR count). The Morgan fingerprint density at radius 2 is 2.09 bits per heavy atom. The second-order valence-electron chi connectivity index (χ2n) is 2.16. The summed E-state index contributed by atoms with van der Waals surface area (Å²) in [5, 5.41) is 13.4. The van der Waals surface area contributed by atoms with E-state index in [1.54, 1.807) is 18.2 Å². The van der Waals surface area contributed by atoms with Gasteiger partial charge in [0.25, 0.3) is 0 Å². The molecular weight excluding hydrogens is 144 g/mol. The molecule has 0 aromatic heterocycles. The van der Waals surface area contributed by atoms with Crippen LogP contribution >= 0.6 is 0 Å². The van der Waals surface area contributed by atoms with Crippen LogP contribution in [0.1, 0.15) is 0 Å². The van der Waals surface area contributed by atoms with Crippen LogP contribution in [0.3, 0.4) is 0 Å². The van der Waals surface area contributed by atoms with Crippen LogP contribution in [0, 0.1) is 10.1 Å². The third kappa shape index (κ3) is 1.60. The zero-order valence-corrected chi connectivity index (χ0v) is 6.07. The number of benzene rings is 1. The highest BCUT2D eigenvalue weighted by molar-refractivity contribution is 5.56. The summed E-state index contributed by atoms with van der Waals surface area (Å²) in [4.78, 5) is 10.1. The zero-order chi connectivity index (χ0) is 8.27. The monoisotopic (exact) mass is 152 g/mol. The number of quaternary nitrogens is 1. The van der Waals surface area contributed by atoms with Gasteiger partial charge in [0.15, 0.2) is 11.4 Å². The van der Waals surface area contributed by atoms with Crippen molar-refractivity contribution in [3.05, 3.63) is 34.4 Å². The number of nitroso groups, excluding NO2 is 1. The molecule has 11 heavy (non-hydrogen) atoms. The molecule has 0 saturated carbocycles. The first-order valence-electron chi connectivity index (χ1n) is 3.19. The van der Waals surface area contributed by atoms with Crippen LogP contribution in [0.4, 0.5) is 11.4 Å². The average molecular weight is 152 g/mol. The topological polar surface area (TPSA) is 56.9 Å². The standard InChI is InChI=1S/C7H8N2O2/c1-9(11)7-5-3-2-4-6(7)8-10/h2-5,9H,1H3. The molecule has 0 heterocycles. The summed E-state index contributed by atoms with van der Waals surface area (Å²) in [6.45, 7) is 0. The van der Waals surface area contributed by atoms with Crippen molar-refractivity contribution in [2.45, 2.75) is 0 Å². The lowest BCUT2D eigenvalue weighted by Gasteiger charge is -2.15. The van der Waals surface area contributed by atoms with Gasteiger partial charge in [0.05, 0.1) is 7.05 Å². The molecule has 58 valence electrons. The van der Waals surface area contributed by atoms with Crippen molar-refractivity contribution in [3.8, 4) is 0 Å². The molecule has 0 aliphatic heterocycles. The van der Waals surface area contributed by atoms with E-state index >= 15 is 0 Å². The number of para-hydroxylation sites is 1. The van der Waals surface area contributed by atoms with Gasteiger partial charge in [-0.25, -0.2) is 0 Å². The van der Waals surface area contributed by atoms with Gasteiger partial charge in [0, 0.05) is 6.07 Å². The normalized spacial score (nSPS) is 12.5. The Bertz CT molecular complexity index is 260. The average Bonchev–Trinajstić information content (AvgIpc) is 2.04. The van der Waals surface area contributed by atoms with Crippen LogP contribution < -0.4 is 5.06 Å². The number of rotatable bonds is 2. The van der Waals surface area contributed by atoms with E-state index in [1.165, 1.54) is 13.1 Å². The Kier molecular flexibility index (Phi) is 2.30. The lowest BCUT2D eigenvalue weighted by Crippen LogP contribution is -2.98. The van der Waals surface area contributed by atoms with Gasteiger partial charge in [0.1, 0.15) is 0 Å². The molecule has 1 unspecified atom stereocenters. The third-order valence-electron chi connectivity index (χ3n) is 1.38. The molecule has 0 radical (unpaired) electrons. The van der Waals surface area contributed by atoms with Crippen LogP contribution in [0.2, 0.25) is 0 Å². The van der Waals surface area contributed by atoms with E-state index in [1.807, 2.05) is 0 Å². The van der Waals surface area contributed by atoms with Crippen molar-refractivity contribution in [1.29, 1.82) is 0 Å². The molecule has 0 fully saturated rings. The Hall–Kier alpha value is -1.26. The van der Waals surface area contributed by atoms with E-state index < -0.39 is 0 Å². The van der Waals surface area contributed by atoms with Gasteiger partial charge in [-0.2, -0.15) is 0 Å². The smallest absolute Gasteiger partial charge is 0.168 e. The predicted molar refractivity (Wildman–Crippen MR) is 41.8 cm³/mol. The summed E-state index contributed by atoms with van der Waals surface area (Å²) >= 11 is 0. The molecule has 0 amide bonds. The molecule has 1 atom stereocenters. The van der Waals surface area contributed by atoms with Crippen LogP contribution in [-0.4, -0.2) is 7.05 Å². The number of hydrogen-bond donors (Lipinski definition) is 1. The highest BCUT2D eigenvalue weighted by Crippen LogP contribution is 2.18. The van der Waals surface area contributed by atoms with Crippen LogP contribution in [0.5, 0.6) is 0 Å². The van der Waals surface area contributed by atoms with Gasteiger partial charge in [-0.3, -0.25) is 0 Å². The fourth-order valence-corrected chi connectivity index (χ4v) is 0.851. The van der Waals surface area contributed by atoms with E-state index in [0.717, 1.165) is 0 Å². The first-order chi connectivity index (χ1) is 5.25. The van der Waals surface area contributed by atoms with Gasteiger partial charge in [0.2, 0.25) is 0 Å². The Morgan fingerprint density at radius 1 is 1.45 bits per heavy atom. The SMILES string of the molecule is C[NH+]([O-])c1ccccc1N=O.